The molecule has 0 spiro atoms. The summed E-state index contributed by atoms with van der Waals surface area (Å²) in [5, 5.41) is 0. The Morgan fingerprint density at radius 3 is 2.35 bits per heavy atom. The van der Waals surface area contributed by atoms with Gasteiger partial charge in [-0.05, 0) is 68.3 Å². The highest BCUT2D eigenvalue weighted by Gasteiger charge is 2.34. The van der Waals surface area contributed by atoms with Crippen LogP contribution < -0.4 is 9.21 Å². The second-order valence-corrected chi connectivity index (χ2v) is 9.61. The van der Waals surface area contributed by atoms with Crippen LogP contribution >= 0.6 is 0 Å². The van der Waals surface area contributed by atoms with Gasteiger partial charge in [-0.1, -0.05) is 35.9 Å². The van der Waals surface area contributed by atoms with E-state index in [1.54, 1.807) is 17.0 Å². The van der Waals surface area contributed by atoms with Crippen molar-refractivity contribution in [3.05, 3.63) is 89.7 Å². The van der Waals surface area contributed by atoms with Crippen LogP contribution in [0.4, 0.5) is 15.8 Å². The zero-order valence-electron chi connectivity index (χ0n) is 17.3. The SMILES string of the molecule is Cc1ccc(S(=O)(=O)N(CC(=O)N2c3ccccc3C[C@@H]2C)c2ccc(F)cc2)cc1. The maximum atomic E-state index is 13.5. The maximum absolute atomic E-state index is 13.5. The molecule has 1 heterocycles. The third kappa shape index (κ3) is 4.05. The summed E-state index contributed by atoms with van der Waals surface area (Å²) < 4.78 is 41.5. The van der Waals surface area contributed by atoms with E-state index in [1.807, 2.05) is 38.1 Å². The second kappa shape index (κ2) is 8.15. The summed E-state index contributed by atoms with van der Waals surface area (Å²) in [6.07, 6.45) is 0.711. The second-order valence-electron chi connectivity index (χ2n) is 7.75. The van der Waals surface area contributed by atoms with Gasteiger partial charge < -0.3 is 4.90 Å². The van der Waals surface area contributed by atoms with Crippen molar-refractivity contribution in [2.75, 3.05) is 15.7 Å². The zero-order valence-corrected chi connectivity index (χ0v) is 18.1. The minimum Gasteiger partial charge on any atom is -0.307 e. The summed E-state index contributed by atoms with van der Waals surface area (Å²) in [6, 6.07) is 19.1. The largest absolute Gasteiger partial charge is 0.307 e. The number of benzene rings is 3. The van der Waals surface area contributed by atoms with Crippen LogP contribution in [0.5, 0.6) is 0 Å². The molecule has 0 saturated heterocycles. The van der Waals surface area contributed by atoms with Crippen molar-refractivity contribution >= 4 is 27.3 Å². The predicted molar refractivity (Wildman–Crippen MR) is 119 cm³/mol. The first-order valence-electron chi connectivity index (χ1n) is 10.0. The maximum Gasteiger partial charge on any atom is 0.264 e. The summed E-state index contributed by atoms with van der Waals surface area (Å²) in [7, 11) is -4.04. The number of carbonyl (C=O) groups is 1. The molecule has 7 heteroatoms. The number of aryl methyl sites for hydroxylation is 1. The standard InChI is InChI=1S/C24H23FN2O3S/c1-17-7-13-22(14-8-17)31(29,30)26(21-11-9-20(25)10-12-21)16-24(28)27-18(2)15-19-5-3-4-6-23(19)27/h3-14,18H,15-16H2,1-2H3/t18-/m0/s1. The van der Waals surface area contributed by atoms with E-state index in [-0.39, 0.29) is 29.1 Å². The van der Waals surface area contributed by atoms with Crippen LogP contribution in [-0.2, 0) is 21.2 Å². The van der Waals surface area contributed by atoms with Crippen LogP contribution in [0.15, 0.2) is 77.7 Å². The normalized spacial score (nSPS) is 15.6. The van der Waals surface area contributed by atoms with Crippen molar-refractivity contribution in [2.45, 2.75) is 31.2 Å². The Hall–Kier alpha value is -3.19. The molecular weight excluding hydrogens is 415 g/mol. The quantitative estimate of drug-likeness (QED) is 0.597. The number of hydrogen-bond acceptors (Lipinski definition) is 3. The highest BCUT2D eigenvalue weighted by Crippen LogP contribution is 2.33. The van der Waals surface area contributed by atoms with Crippen molar-refractivity contribution in [1.29, 1.82) is 0 Å². The van der Waals surface area contributed by atoms with E-state index in [2.05, 4.69) is 0 Å². The molecule has 4 rings (SSSR count). The molecule has 0 aromatic heterocycles. The van der Waals surface area contributed by atoms with E-state index in [0.717, 1.165) is 21.1 Å². The zero-order chi connectivity index (χ0) is 22.2. The Morgan fingerprint density at radius 2 is 1.68 bits per heavy atom. The predicted octanol–water partition coefficient (Wildman–Crippen LogP) is 4.31. The van der Waals surface area contributed by atoms with Crippen LogP contribution in [-0.4, -0.2) is 26.9 Å². The molecule has 1 aliphatic heterocycles. The van der Waals surface area contributed by atoms with Crippen LogP contribution in [0.3, 0.4) is 0 Å². The van der Waals surface area contributed by atoms with Gasteiger partial charge in [0.05, 0.1) is 10.6 Å². The lowest BCUT2D eigenvalue weighted by Crippen LogP contribution is -2.45. The third-order valence-corrected chi connectivity index (χ3v) is 7.27. The van der Waals surface area contributed by atoms with Crippen molar-refractivity contribution < 1.29 is 17.6 Å². The van der Waals surface area contributed by atoms with Crippen LogP contribution in [0, 0.1) is 12.7 Å². The molecule has 1 aliphatic rings. The van der Waals surface area contributed by atoms with E-state index in [0.29, 0.717) is 6.42 Å². The Bertz CT molecular complexity index is 1210. The number of fused-ring (bicyclic) bond motifs is 1. The van der Waals surface area contributed by atoms with Crippen LogP contribution in [0.1, 0.15) is 18.1 Å². The topological polar surface area (TPSA) is 57.7 Å². The van der Waals surface area contributed by atoms with Gasteiger partial charge in [-0.25, -0.2) is 12.8 Å². The number of rotatable bonds is 5. The molecule has 0 aliphatic carbocycles. The summed E-state index contributed by atoms with van der Waals surface area (Å²) in [6.45, 7) is 3.42. The number of anilines is 2. The number of nitrogens with zero attached hydrogens (tertiary/aromatic N) is 2. The number of carbonyl (C=O) groups excluding carboxylic acids is 1. The van der Waals surface area contributed by atoms with Gasteiger partial charge >= 0.3 is 0 Å². The minimum atomic E-state index is -4.04. The van der Waals surface area contributed by atoms with Gasteiger partial charge in [0.1, 0.15) is 12.4 Å². The highest BCUT2D eigenvalue weighted by molar-refractivity contribution is 7.92. The van der Waals surface area contributed by atoms with Crippen molar-refractivity contribution in [3.63, 3.8) is 0 Å². The van der Waals surface area contributed by atoms with Crippen LogP contribution in [0.2, 0.25) is 0 Å². The summed E-state index contributed by atoms with van der Waals surface area (Å²) >= 11 is 0. The Balaban J connectivity index is 1.72. The molecule has 0 fully saturated rings. The fraction of sp³-hybridized carbons (Fsp3) is 0.208. The average molecular weight is 439 g/mol. The fourth-order valence-corrected chi connectivity index (χ4v) is 5.32. The first-order chi connectivity index (χ1) is 14.8. The van der Waals surface area contributed by atoms with E-state index < -0.39 is 15.8 Å². The van der Waals surface area contributed by atoms with Gasteiger partial charge in [-0.15, -0.1) is 0 Å². The monoisotopic (exact) mass is 438 g/mol. The number of halogens is 1. The molecule has 0 saturated carbocycles. The Morgan fingerprint density at radius 1 is 1.03 bits per heavy atom. The molecule has 3 aromatic rings. The van der Waals surface area contributed by atoms with Crippen molar-refractivity contribution in [1.82, 2.24) is 0 Å². The Labute approximate surface area is 181 Å². The molecule has 160 valence electrons. The summed E-state index contributed by atoms with van der Waals surface area (Å²) in [5.74, 6) is -0.817. The lowest BCUT2D eigenvalue weighted by molar-refractivity contribution is -0.117. The van der Waals surface area contributed by atoms with Crippen LogP contribution in [0.25, 0.3) is 0 Å². The van der Waals surface area contributed by atoms with Crippen molar-refractivity contribution in [3.8, 4) is 0 Å². The van der Waals surface area contributed by atoms with Gasteiger partial charge in [-0.2, -0.15) is 0 Å². The van der Waals surface area contributed by atoms with Gasteiger partial charge in [0, 0.05) is 11.7 Å². The fourth-order valence-electron chi connectivity index (χ4n) is 3.90. The molecular formula is C24H23FN2O3S. The molecule has 0 radical (unpaired) electrons. The lowest BCUT2D eigenvalue weighted by Gasteiger charge is -2.29. The van der Waals surface area contributed by atoms with E-state index in [9.17, 15) is 17.6 Å². The molecule has 0 unspecified atom stereocenters. The number of sulfonamides is 1. The van der Waals surface area contributed by atoms with E-state index in [1.165, 1.54) is 36.4 Å². The summed E-state index contributed by atoms with van der Waals surface area (Å²) in [5.41, 5.74) is 3.01. The summed E-state index contributed by atoms with van der Waals surface area (Å²) in [4.78, 5) is 15.1. The lowest BCUT2D eigenvalue weighted by atomic mass is 10.1. The molecule has 3 aromatic carbocycles. The molecule has 1 amide bonds. The van der Waals surface area contributed by atoms with Gasteiger partial charge in [0.25, 0.3) is 10.0 Å². The number of para-hydroxylation sites is 1. The average Bonchev–Trinajstić information content (AvgIpc) is 3.08. The Kier molecular flexibility index (Phi) is 5.54. The molecule has 5 nitrogen and oxygen atoms in total. The first kappa shape index (κ1) is 21.1. The van der Waals surface area contributed by atoms with Gasteiger partial charge in [0.15, 0.2) is 0 Å². The molecule has 31 heavy (non-hydrogen) atoms. The van der Waals surface area contributed by atoms with Gasteiger partial charge in [0.2, 0.25) is 5.91 Å². The van der Waals surface area contributed by atoms with E-state index in [4.69, 9.17) is 0 Å². The smallest absolute Gasteiger partial charge is 0.264 e. The highest BCUT2D eigenvalue weighted by atomic mass is 32.2. The molecule has 1 atom stereocenters. The third-order valence-electron chi connectivity index (χ3n) is 5.48. The van der Waals surface area contributed by atoms with Crippen molar-refractivity contribution in [2.24, 2.45) is 0 Å². The minimum absolute atomic E-state index is 0.0742. The number of hydrogen-bond donors (Lipinski definition) is 0. The number of amides is 1. The molecule has 0 bridgehead atoms. The van der Waals surface area contributed by atoms with Gasteiger partial charge in [-0.3, -0.25) is 9.10 Å². The molecule has 0 N–H and O–H groups in total. The first-order valence-corrected chi connectivity index (χ1v) is 11.5. The van der Waals surface area contributed by atoms with E-state index >= 15 is 0 Å².